The lowest BCUT2D eigenvalue weighted by Gasteiger charge is -2.11. The minimum absolute atomic E-state index is 0.188. The summed E-state index contributed by atoms with van der Waals surface area (Å²) in [5.41, 5.74) is 1.34. The molecule has 0 aliphatic heterocycles. The molecule has 0 aliphatic rings. The maximum Gasteiger partial charge on any atom is 0.251 e. The summed E-state index contributed by atoms with van der Waals surface area (Å²) in [4.78, 5) is 29.9. The highest BCUT2D eigenvalue weighted by Gasteiger charge is 2.16. The summed E-state index contributed by atoms with van der Waals surface area (Å²) in [7, 11) is 0. The maximum absolute atomic E-state index is 12.1. The number of aromatic amines is 1. The molecule has 110 valence electrons. The molecule has 0 saturated carbocycles. The number of hydrogen-bond acceptors (Lipinski definition) is 4. The molecule has 1 atom stereocenters. The Balaban J connectivity index is 2.02. The fourth-order valence-corrected chi connectivity index (χ4v) is 2.51. The van der Waals surface area contributed by atoms with Gasteiger partial charge in [-0.1, -0.05) is 29.4 Å². The number of halogens is 1. The number of amides is 1. The Labute approximate surface area is 131 Å². The van der Waals surface area contributed by atoms with Gasteiger partial charge in [-0.3, -0.25) is 9.59 Å². The first-order chi connectivity index (χ1) is 9.95. The van der Waals surface area contributed by atoms with Crippen molar-refractivity contribution in [2.75, 3.05) is 5.32 Å². The molecule has 21 heavy (non-hydrogen) atoms. The zero-order valence-electron chi connectivity index (χ0n) is 11.5. The third-order valence-electron chi connectivity index (χ3n) is 2.74. The van der Waals surface area contributed by atoms with E-state index in [1.54, 1.807) is 19.1 Å². The molecule has 0 fully saturated rings. The standard InChI is InChI=1S/C14H14ClN3O2S/c1-8-3-4-10(7-11(8)15)17-13(20)9(2)21-14-16-6-5-12(19)18-14/h3-7,9H,1-2H3,(H,17,20)(H,16,18,19). The van der Waals surface area contributed by atoms with Gasteiger partial charge in [0.05, 0.1) is 5.25 Å². The third kappa shape index (κ3) is 4.34. The molecule has 0 bridgehead atoms. The van der Waals surface area contributed by atoms with Crippen LogP contribution in [-0.2, 0) is 4.79 Å². The van der Waals surface area contributed by atoms with E-state index >= 15 is 0 Å². The second-order valence-electron chi connectivity index (χ2n) is 4.45. The molecule has 1 amide bonds. The summed E-state index contributed by atoms with van der Waals surface area (Å²) in [5, 5.41) is 3.38. The lowest BCUT2D eigenvalue weighted by Crippen LogP contribution is -2.23. The molecule has 2 aromatic rings. The SMILES string of the molecule is Cc1ccc(NC(=O)C(C)Sc2nccc(=O)[nH]2)cc1Cl. The van der Waals surface area contributed by atoms with E-state index in [1.165, 1.54) is 24.0 Å². The molecule has 2 rings (SSSR count). The summed E-state index contributed by atoms with van der Waals surface area (Å²) >= 11 is 7.20. The highest BCUT2D eigenvalue weighted by molar-refractivity contribution is 8.00. The number of benzene rings is 1. The van der Waals surface area contributed by atoms with Crippen molar-refractivity contribution in [1.29, 1.82) is 0 Å². The van der Waals surface area contributed by atoms with Crippen LogP contribution in [0.1, 0.15) is 12.5 Å². The third-order valence-corrected chi connectivity index (χ3v) is 4.15. The first-order valence-corrected chi connectivity index (χ1v) is 7.50. The Bertz CT molecular complexity index is 717. The number of aryl methyl sites for hydroxylation is 1. The summed E-state index contributed by atoms with van der Waals surface area (Å²) in [6.07, 6.45) is 1.41. The van der Waals surface area contributed by atoms with Gasteiger partial charge < -0.3 is 10.3 Å². The first kappa shape index (κ1) is 15.6. The van der Waals surface area contributed by atoms with Crippen molar-refractivity contribution < 1.29 is 4.79 Å². The van der Waals surface area contributed by atoms with Gasteiger partial charge in [-0.2, -0.15) is 0 Å². The van der Waals surface area contributed by atoms with Crippen LogP contribution in [0, 0.1) is 6.92 Å². The van der Waals surface area contributed by atoms with E-state index in [0.29, 0.717) is 15.9 Å². The molecule has 5 nitrogen and oxygen atoms in total. The minimum Gasteiger partial charge on any atom is -0.325 e. The van der Waals surface area contributed by atoms with E-state index in [0.717, 1.165) is 5.56 Å². The number of nitrogens with zero attached hydrogens (tertiary/aromatic N) is 1. The largest absolute Gasteiger partial charge is 0.325 e. The quantitative estimate of drug-likeness (QED) is 0.670. The molecule has 0 saturated heterocycles. The lowest BCUT2D eigenvalue weighted by molar-refractivity contribution is -0.115. The van der Waals surface area contributed by atoms with Crippen LogP contribution in [0.4, 0.5) is 5.69 Å². The number of carbonyl (C=O) groups excluding carboxylic acids is 1. The van der Waals surface area contributed by atoms with Crippen molar-refractivity contribution in [3.05, 3.63) is 51.4 Å². The van der Waals surface area contributed by atoms with E-state index in [9.17, 15) is 9.59 Å². The average molecular weight is 324 g/mol. The van der Waals surface area contributed by atoms with Crippen molar-refractivity contribution in [3.63, 3.8) is 0 Å². The van der Waals surface area contributed by atoms with E-state index in [4.69, 9.17) is 11.6 Å². The number of nitrogens with one attached hydrogen (secondary N) is 2. The van der Waals surface area contributed by atoms with Gasteiger partial charge in [-0.05, 0) is 31.5 Å². The number of H-pyrrole nitrogens is 1. The normalized spacial score (nSPS) is 12.0. The Morgan fingerprint density at radius 1 is 1.43 bits per heavy atom. The highest BCUT2D eigenvalue weighted by Crippen LogP contribution is 2.22. The van der Waals surface area contributed by atoms with Gasteiger partial charge in [0.1, 0.15) is 0 Å². The summed E-state index contributed by atoms with van der Waals surface area (Å²) in [6, 6.07) is 6.66. The summed E-state index contributed by atoms with van der Waals surface area (Å²) < 4.78 is 0. The molecule has 1 heterocycles. The van der Waals surface area contributed by atoms with Crippen molar-refractivity contribution in [2.45, 2.75) is 24.3 Å². The van der Waals surface area contributed by atoms with Crippen LogP contribution in [-0.4, -0.2) is 21.1 Å². The van der Waals surface area contributed by atoms with Gasteiger partial charge in [0.2, 0.25) is 5.91 Å². The number of thioether (sulfide) groups is 1. The van der Waals surface area contributed by atoms with Crippen LogP contribution >= 0.6 is 23.4 Å². The van der Waals surface area contributed by atoms with Crippen LogP contribution in [0.15, 0.2) is 40.4 Å². The highest BCUT2D eigenvalue weighted by atomic mass is 35.5. The Morgan fingerprint density at radius 2 is 2.19 bits per heavy atom. The molecule has 0 aliphatic carbocycles. The predicted octanol–water partition coefficient (Wildman–Crippen LogP) is 2.85. The van der Waals surface area contributed by atoms with E-state index in [1.807, 2.05) is 13.0 Å². The van der Waals surface area contributed by atoms with Crippen LogP contribution in [0.2, 0.25) is 5.02 Å². The predicted molar refractivity (Wildman–Crippen MR) is 85.0 cm³/mol. The Kier molecular flexibility index (Phi) is 5.03. The second-order valence-corrected chi connectivity index (χ2v) is 6.19. The molecule has 0 radical (unpaired) electrons. The number of carbonyl (C=O) groups is 1. The Hall–Kier alpha value is -1.79. The fourth-order valence-electron chi connectivity index (χ4n) is 1.55. The average Bonchev–Trinajstić information content (AvgIpc) is 2.43. The number of aromatic nitrogens is 2. The maximum atomic E-state index is 12.1. The summed E-state index contributed by atoms with van der Waals surface area (Å²) in [6.45, 7) is 3.63. The van der Waals surface area contributed by atoms with Crippen LogP contribution in [0.3, 0.4) is 0 Å². The van der Waals surface area contributed by atoms with Crippen molar-refractivity contribution in [2.24, 2.45) is 0 Å². The van der Waals surface area contributed by atoms with Gasteiger partial charge in [0.15, 0.2) is 5.16 Å². The molecule has 1 unspecified atom stereocenters. The first-order valence-electron chi connectivity index (χ1n) is 6.24. The molecule has 1 aromatic heterocycles. The molecule has 0 spiro atoms. The molecular formula is C14H14ClN3O2S. The number of rotatable bonds is 4. The topological polar surface area (TPSA) is 74.8 Å². The number of anilines is 1. The smallest absolute Gasteiger partial charge is 0.251 e. The second kappa shape index (κ2) is 6.78. The van der Waals surface area contributed by atoms with E-state index in [-0.39, 0.29) is 11.5 Å². The van der Waals surface area contributed by atoms with Crippen molar-refractivity contribution >= 4 is 35.0 Å². The minimum atomic E-state index is -0.407. The molecule has 1 aromatic carbocycles. The van der Waals surface area contributed by atoms with Crippen LogP contribution in [0.5, 0.6) is 0 Å². The van der Waals surface area contributed by atoms with Gasteiger partial charge in [0.25, 0.3) is 5.56 Å². The monoisotopic (exact) mass is 323 g/mol. The molecular weight excluding hydrogens is 310 g/mol. The van der Waals surface area contributed by atoms with Crippen LogP contribution in [0.25, 0.3) is 0 Å². The lowest BCUT2D eigenvalue weighted by atomic mass is 10.2. The van der Waals surface area contributed by atoms with E-state index < -0.39 is 5.25 Å². The fraction of sp³-hybridized carbons (Fsp3) is 0.214. The Morgan fingerprint density at radius 3 is 2.86 bits per heavy atom. The van der Waals surface area contributed by atoms with Gasteiger partial charge in [-0.25, -0.2) is 4.98 Å². The number of hydrogen-bond donors (Lipinski definition) is 2. The summed E-state index contributed by atoms with van der Waals surface area (Å²) in [5.74, 6) is -0.188. The molecule has 2 N–H and O–H groups in total. The van der Waals surface area contributed by atoms with Crippen molar-refractivity contribution in [3.8, 4) is 0 Å². The van der Waals surface area contributed by atoms with Gasteiger partial charge >= 0.3 is 0 Å². The zero-order valence-corrected chi connectivity index (χ0v) is 13.1. The molecule has 7 heteroatoms. The zero-order chi connectivity index (χ0) is 15.4. The van der Waals surface area contributed by atoms with Gasteiger partial charge in [-0.15, -0.1) is 0 Å². The van der Waals surface area contributed by atoms with Crippen molar-refractivity contribution in [1.82, 2.24) is 9.97 Å². The van der Waals surface area contributed by atoms with Gasteiger partial charge in [0, 0.05) is 23.0 Å². The van der Waals surface area contributed by atoms with E-state index in [2.05, 4.69) is 15.3 Å². The van der Waals surface area contributed by atoms with Crippen LogP contribution < -0.4 is 10.9 Å².